The lowest BCUT2D eigenvalue weighted by Crippen LogP contribution is -2.33. The van der Waals surface area contributed by atoms with Crippen LogP contribution >= 0.6 is 0 Å². The minimum absolute atomic E-state index is 0.150. The highest BCUT2D eigenvalue weighted by atomic mass is 19.1. The Morgan fingerprint density at radius 2 is 2.00 bits per heavy atom. The minimum atomic E-state index is -0.150. The molecular formula is C16H27FN2. The zero-order valence-corrected chi connectivity index (χ0v) is 12.6. The van der Waals surface area contributed by atoms with Gasteiger partial charge in [0, 0.05) is 12.1 Å². The number of nitrogens with one attached hydrogen (secondary N) is 1. The second kappa shape index (κ2) is 8.28. The van der Waals surface area contributed by atoms with Gasteiger partial charge < -0.3 is 10.2 Å². The first kappa shape index (κ1) is 16.1. The fourth-order valence-electron chi connectivity index (χ4n) is 2.02. The average molecular weight is 266 g/mol. The molecule has 0 spiro atoms. The van der Waals surface area contributed by atoms with E-state index in [1.165, 1.54) is 6.07 Å². The summed E-state index contributed by atoms with van der Waals surface area (Å²) in [5, 5.41) is 3.50. The van der Waals surface area contributed by atoms with Crippen LogP contribution in [0.15, 0.2) is 24.3 Å². The molecule has 0 saturated carbocycles. The van der Waals surface area contributed by atoms with Gasteiger partial charge in [-0.2, -0.15) is 0 Å². The third-order valence-corrected chi connectivity index (χ3v) is 3.49. The van der Waals surface area contributed by atoms with Crippen LogP contribution in [0.3, 0.4) is 0 Å². The van der Waals surface area contributed by atoms with Crippen molar-refractivity contribution in [3.63, 3.8) is 0 Å². The lowest BCUT2D eigenvalue weighted by molar-refractivity contribution is 0.268. The highest BCUT2D eigenvalue weighted by Gasteiger charge is 2.05. The Kier molecular flexibility index (Phi) is 7.03. The standard InChI is InChI=1S/C16H27FN2/c1-13(2)19(4)10-6-9-18-14(3)11-15-7-5-8-16(17)12-15/h5,7-8,12-14,18H,6,9-11H2,1-4H3. The maximum Gasteiger partial charge on any atom is 0.123 e. The summed E-state index contributed by atoms with van der Waals surface area (Å²) in [6, 6.07) is 7.84. The molecule has 19 heavy (non-hydrogen) atoms. The molecule has 1 rings (SSSR count). The molecule has 1 N–H and O–H groups in total. The highest BCUT2D eigenvalue weighted by Crippen LogP contribution is 2.06. The molecule has 0 aliphatic rings. The molecular weight excluding hydrogens is 239 g/mol. The number of rotatable bonds is 8. The van der Waals surface area contributed by atoms with Gasteiger partial charge in [-0.3, -0.25) is 0 Å². The molecule has 0 aliphatic carbocycles. The predicted molar refractivity (Wildman–Crippen MR) is 80.0 cm³/mol. The van der Waals surface area contributed by atoms with Crippen LogP contribution in [0.4, 0.5) is 4.39 Å². The van der Waals surface area contributed by atoms with Crippen molar-refractivity contribution in [3.8, 4) is 0 Å². The normalized spacial score (nSPS) is 13.2. The summed E-state index contributed by atoms with van der Waals surface area (Å²) in [7, 11) is 2.15. The first-order valence-electron chi connectivity index (χ1n) is 7.17. The van der Waals surface area contributed by atoms with Crippen LogP contribution in [0.25, 0.3) is 0 Å². The number of nitrogens with zero attached hydrogens (tertiary/aromatic N) is 1. The van der Waals surface area contributed by atoms with Gasteiger partial charge in [0.15, 0.2) is 0 Å². The van der Waals surface area contributed by atoms with Gasteiger partial charge in [-0.25, -0.2) is 4.39 Å². The lowest BCUT2D eigenvalue weighted by Gasteiger charge is -2.21. The van der Waals surface area contributed by atoms with Gasteiger partial charge in [-0.05, 0) is 71.4 Å². The van der Waals surface area contributed by atoms with Crippen LogP contribution in [0.2, 0.25) is 0 Å². The van der Waals surface area contributed by atoms with E-state index in [1.807, 2.05) is 6.07 Å². The van der Waals surface area contributed by atoms with Crippen molar-refractivity contribution >= 4 is 0 Å². The smallest absolute Gasteiger partial charge is 0.123 e. The van der Waals surface area contributed by atoms with Crippen molar-refractivity contribution < 1.29 is 4.39 Å². The summed E-state index contributed by atoms with van der Waals surface area (Å²) in [6.07, 6.45) is 2.01. The Bertz CT molecular complexity index is 366. The summed E-state index contributed by atoms with van der Waals surface area (Å²) < 4.78 is 13.1. The number of hydrogen-bond donors (Lipinski definition) is 1. The lowest BCUT2D eigenvalue weighted by atomic mass is 10.1. The Hall–Kier alpha value is -0.930. The quantitative estimate of drug-likeness (QED) is 0.727. The van der Waals surface area contributed by atoms with Gasteiger partial charge in [0.2, 0.25) is 0 Å². The minimum Gasteiger partial charge on any atom is -0.314 e. The maximum atomic E-state index is 13.1. The number of halogens is 1. The molecule has 1 unspecified atom stereocenters. The fourth-order valence-corrected chi connectivity index (χ4v) is 2.02. The van der Waals surface area contributed by atoms with Gasteiger partial charge in [-0.1, -0.05) is 12.1 Å². The molecule has 3 heteroatoms. The second-order valence-electron chi connectivity index (χ2n) is 5.62. The fraction of sp³-hybridized carbons (Fsp3) is 0.625. The summed E-state index contributed by atoms with van der Waals surface area (Å²) in [4.78, 5) is 2.35. The van der Waals surface area contributed by atoms with Crippen LogP contribution in [0, 0.1) is 5.82 Å². The first-order valence-corrected chi connectivity index (χ1v) is 7.17. The van der Waals surface area contributed by atoms with Gasteiger partial charge in [0.05, 0.1) is 0 Å². The van der Waals surface area contributed by atoms with Crippen LogP contribution in [-0.4, -0.2) is 37.1 Å². The topological polar surface area (TPSA) is 15.3 Å². The molecule has 0 aliphatic heterocycles. The van der Waals surface area contributed by atoms with Crippen LogP contribution in [0.1, 0.15) is 32.8 Å². The Labute approximate surface area is 117 Å². The third-order valence-electron chi connectivity index (χ3n) is 3.49. The Morgan fingerprint density at radius 3 is 2.63 bits per heavy atom. The van der Waals surface area contributed by atoms with E-state index in [0.29, 0.717) is 12.1 Å². The summed E-state index contributed by atoms with van der Waals surface area (Å²) in [5.74, 6) is -0.150. The molecule has 2 nitrogen and oxygen atoms in total. The number of hydrogen-bond acceptors (Lipinski definition) is 2. The van der Waals surface area contributed by atoms with Crippen molar-refractivity contribution in [3.05, 3.63) is 35.6 Å². The van der Waals surface area contributed by atoms with Gasteiger partial charge in [0.25, 0.3) is 0 Å². The molecule has 108 valence electrons. The van der Waals surface area contributed by atoms with E-state index in [9.17, 15) is 4.39 Å². The molecule has 0 radical (unpaired) electrons. The zero-order valence-electron chi connectivity index (χ0n) is 12.6. The molecule has 1 atom stereocenters. The van der Waals surface area contributed by atoms with Crippen molar-refractivity contribution in [1.82, 2.24) is 10.2 Å². The Balaban J connectivity index is 2.19. The predicted octanol–water partition coefficient (Wildman–Crippen LogP) is 3.08. The van der Waals surface area contributed by atoms with Crippen LogP contribution in [-0.2, 0) is 6.42 Å². The van der Waals surface area contributed by atoms with E-state index in [0.717, 1.165) is 31.5 Å². The summed E-state index contributed by atoms with van der Waals surface area (Å²) >= 11 is 0. The van der Waals surface area contributed by atoms with Gasteiger partial charge in [-0.15, -0.1) is 0 Å². The van der Waals surface area contributed by atoms with Crippen molar-refractivity contribution in [1.29, 1.82) is 0 Å². The zero-order chi connectivity index (χ0) is 14.3. The van der Waals surface area contributed by atoms with Crippen LogP contribution < -0.4 is 5.32 Å². The van der Waals surface area contributed by atoms with Crippen molar-refractivity contribution in [2.24, 2.45) is 0 Å². The second-order valence-corrected chi connectivity index (χ2v) is 5.62. The highest BCUT2D eigenvalue weighted by molar-refractivity contribution is 5.17. The molecule has 0 aromatic heterocycles. The molecule has 0 amide bonds. The van der Waals surface area contributed by atoms with E-state index in [2.05, 4.69) is 38.0 Å². The molecule has 1 aromatic rings. The molecule has 1 aromatic carbocycles. The first-order chi connectivity index (χ1) is 8.99. The van der Waals surface area contributed by atoms with Crippen LogP contribution in [0.5, 0.6) is 0 Å². The molecule has 0 bridgehead atoms. The monoisotopic (exact) mass is 266 g/mol. The summed E-state index contributed by atoms with van der Waals surface area (Å²) in [5.41, 5.74) is 1.05. The van der Waals surface area contributed by atoms with E-state index in [1.54, 1.807) is 12.1 Å². The van der Waals surface area contributed by atoms with Gasteiger partial charge >= 0.3 is 0 Å². The Morgan fingerprint density at radius 1 is 1.26 bits per heavy atom. The summed E-state index contributed by atoms with van der Waals surface area (Å²) in [6.45, 7) is 8.68. The maximum absolute atomic E-state index is 13.1. The van der Waals surface area contributed by atoms with E-state index < -0.39 is 0 Å². The van der Waals surface area contributed by atoms with E-state index in [4.69, 9.17) is 0 Å². The van der Waals surface area contributed by atoms with Gasteiger partial charge in [0.1, 0.15) is 5.82 Å². The largest absolute Gasteiger partial charge is 0.314 e. The SMILES string of the molecule is CC(Cc1cccc(F)c1)NCCCN(C)C(C)C. The molecule has 0 heterocycles. The third kappa shape index (κ3) is 6.69. The van der Waals surface area contributed by atoms with E-state index >= 15 is 0 Å². The number of benzene rings is 1. The van der Waals surface area contributed by atoms with Crippen molar-refractivity contribution in [2.75, 3.05) is 20.1 Å². The molecule has 0 saturated heterocycles. The van der Waals surface area contributed by atoms with Crippen molar-refractivity contribution in [2.45, 2.75) is 45.7 Å². The van der Waals surface area contributed by atoms with E-state index in [-0.39, 0.29) is 5.82 Å². The molecule has 0 fully saturated rings. The average Bonchev–Trinajstić information content (AvgIpc) is 2.34.